The van der Waals surface area contributed by atoms with E-state index in [9.17, 15) is 14.7 Å². The van der Waals surface area contributed by atoms with Gasteiger partial charge in [-0.25, -0.2) is 4.79 Å². The van der Waals surface area contributed by atoms with Crippen LogP contribution in [0, 0.1) is 0 Å². The third kappa shape index (κ3) is 2.55. The number of carbonyl (C=O) groups is 2. The van der Waals surface area contributed by atoms with Gasteiger partial charge in [-0.05, 0) is 32.3 Å². The van der Waals surface area contributed by atoms with Gasteiger partial charge in [-0.3, -0.25) is 4.79 Å². The van der Waals surface area contributed by atoms with Crippen LogP contribution in [0.4, 0.5) is 0 Å². The van der Waals surface area contributed by atoms with Gasteiger partial charge in [0, 0.05) is 0 Å². The second kappa shape index (κ2) is 5.27. The molecular formula is C16H21NO3. The van der Waals surface area contributed by atoms with Crippen LogP contribution >= 0.6 is 0 Å². The van der Waals surface area contributed by atoms with Crippen molar-refractivity contribution in [3.8, 4) is 0 Å². The third-order valence-corrected chi connectivity index (χ3v) is 4.18. The van der Waals surface area contributed by atoms with Crippen LogP contribution < -0.4 is 5.32 Å². The van der Waals surface area contributed by atoms with Gasteiger partial charge in [-0.15, -0.1) is 0 Å². The van der Waals surface area contributed by atoms with Crippen LogP contribution in [0.25, 0.3) is 0 Å². The number of carboxylic acids is 1. The molecule has 1 aromatic rings. The minimum atomic E-state index is -1.25. The maximum atomic E-state index is 12.7. The molecule has 1 aromatic carbocycles. The molecule has 1 aliphatic rings. The number of nitrogens with one attached hydrogen (secondary N) is 1. The van der Waals surface area contributed by atoms with Crippen LogP contribution in [0.2, 0.25) is 0 Å². The predicted octanol–water partition coefficient (Wildman–Crippen LogP) is 2.48. The molecule has 0 heterocycles. The van der Waals surface area contributed by atoms with Crippen molar-refractivity contribution in [3.63, 3.8) is 0 Å². The minimum Gasteiger partial charge on any atom is -0.480 e. The third-order valence-electron chi connectivity index (χ3n) is 4.18. The van der Waals surface area contributed by atoms with Gasteiger partial charge >= 0.3 is 5.97 Å². The van der Waals surface area contributed by atoms with Gasteiger partial charge in [-0.2, -0.15) is 0 Å². The molecule has 1 aliphatic carbocycles. The van der Waals surface area contributed by atoms with Gasteiger partial charge in [0.15, 0.2) is 0 Å². The summed E-state index contributed by atoms with van der Waals surface area (Å²) in [6, 6.07) is 9.68. The molecule has 0 aromatic heterocycles. The average molecular weight is 275 g/mol. The average Bonchev–Trinajstić information content (AvgIpc) is 2.89. The molecule has 0 radical (unpaired) electrons. The van der Waals surface area contributed by atoms with E-state index < -0.39 is 16.9 Å². The SMILES string of the molecule is CC(C)(NC(=O)C1(c2ccccc2)CCCC1)C(=O)O. The van der Waals surface area contributed by atoms with Crippen molar-refractivity contribution in [2.24, 2.45) is 0 Å². The standard InChI is InChI=1S/C16H21NO3/c1-15(2,14(19)20)17-13(18)16(10-6-7-11-16)12-8-4-3-5-9-12/h3-5,8-9H,6-7,10-11H2,1-2H3,(H,17,18)(H,19,20). The summed E-state index contributed by atoms with van der Waals surface area (Å²) in [6.07, 6.45) is 3.54. The second-order valence-electron chi connectivity index (χ2n) is 6.04. The Kier molecular flexibility index (Phi) is 3.84. The Balaban J connectivity index is 2.30. The van der Waals surface area contributed by atoms with Crippen molar-refractivity contribution in [2.75, 3.05) is 0 Å². The van der Waals surface area contributed by atoms with Gasteiger partial charge in [0.2, 0.25) is 5.91 Å². The monoisotopic (exact) mass is 275 g/mol. The lowest BCUT2D eigenvalue weighted by Gasteiger charge is -2.32. The zero-order valence-corrected chi connectivity index (χ0v) is 12.0. The molecule has 0 bridgehead atoms. The molecule has 0 saturated heterocycles. The molecule has 4 nitrogen and oxygen atoms in total. The maximum Gasteiger partial charge on any atom is 0.328 e. The van der Waals surface area contributed by atoms with Gasteiger partial charge in [-0.1, -0.05) is 43.2 Å². The van der Waals surface area contributed by atoms with Crippen LogP contribution in [0.15, 0.2) is 30.3 Å². The molecule has 1 saturated carbocycles. The topological polar surface area (TPSA) is 66.4 Å². The maximum absolute atomic E-state index is 12.7. The van der Waals surface area contributed by atoms with Crippen molar-refractivity contribution < 1.29 is 14.7 Å². The van der Waals surface area contributed by atoms with Crippen molar-refractivity contribution in [3.05, 3.63) is 35.9 Å². The fourth-order valence-corrected chi connectivity index (χ4v) is 2.84. The van der Waals surface area contributed by atoms with E-state index in [1.807, 2.05) is 30.3 Å². The number of hydrogen-bond acceptors (Lipinski definition) is 2. The number of carboxylic acid groups (broad SMARTS) is 1. The number of rotatable bonds is 4. The van der Waals surface area contributed by atoms with Crippen LogP contribution in [0.3, 0.4) is 0 Å². The van der Waals surface area contributed by atoms with E-state index in [4.69, 9.17) is 0 Å². The fourth-order valence-electron chi connectivity index (χ4n) is 2.84. The summed E-state index contributed by atoms with van der Waals surface area (Å²) >= 11 is 0. The first-order chi connectivity index (χ1) is 9.38. The van der Waals surface area contributed by atoms with E-state index in [2.05, 4.69) is 5.32 Å². The van der Waals surface area contributed by atoms with Gasteiger partial charge < -0.3 is 10.4 Å². The van der Waals surface area contributed by atoms with E-state index in [1.54, 1.807) is 0 Å². The van der Waals surface area contributed by atoms with Gasteiger partial charge in [0.25, 0.3) is 0 Å². The quantitative estimate of drug-likeness (QED) is 0.887. The molecule has 2 N–H and O–H groups in total. The van der Waals surface area contributed by atoms with Gasteiger partial charge in [0.05, 0.1) is 5.41 Å². The number of amides is 1. The number of aliphatic carboxylic acids is 1. The molecular weight excluding hydrogens is 254 g/mol. The summed E-state index contributed by atoms with van der Waals surface area (Å²) in [5.41, 5.74) is -0.841. The Morgan fingerprint density at radius 3 is 2.20 bits per heavy atom. The Bertz CT molecular complexity index is 502. The molecule has 0 aliphatic heterocycles. The Hall–Kier alpha value is -1.84. The number of benzene rings is 1. The molecule has 20 heavy (non-hydrogen) atoms. The lowest BCUT2D eigenvalue weighted by atomic mass is 9.77. The summed E-state index contributed by atoms with van der Waals surface area (Å²) < 4.78 is 0. The van der Waals surface area contributed by atoms with Crippen LogP contribution in [0.1, 0.15) is 45.1 Å². The van der Waals surface area contributed by atoms with E-state index >= 15 is 0 Å². The largest absolute Gasteiger partial charge is 0.480 e. The smallest absolute Gasteiger partial charge is 0.328 e. The molecule has 0 unspecified atom stereocenters. The molecule has 0 atom stereocenters. The highest BCUT2D eigenvalue weighted by Gasteiger charge is 2.45. The van der Waals surface area contributed by atoms with E-state index in [1.165, 1.54) is 13.8 Å². The van der Waals surface area contributed by atoms with E-state index in [0.717, 1.165) is 31.2 Å². The van der Waals surface area contributed by atoms with E-state index in [0.29, 0.717) is 0 Å². The predicted molar refractivity (Wildman–Crippen MR) is 76.4 cm³/mol. The van der Waals surface area contributed by atoms with Crippen molar-refractivity contribution in [2.45, 2.75) is 50.5 Å². The molecule has 2 rings (SSSR count). The van der Waals surface area contributed by atoms with Crippen LogP contribution in [-0.2, 0) is 15.0 Å². The molecule has 1 fully saturated rings. The fraction of sp³-hybridized carbons (Fsp3) is 0.500. The summed E-state index contributed by atoms with van der Waals surface area (Å²) in [5.74, 6) is -1.19. The molecule has 1 amide bonds. The zero-order chi connectivity index (χ0) is 14.8. The van der Waals surface area contributed by atoms with Crippen LogP contribution in [-0.4, -0.2) is 22.5 Å². The minimum absolute atomic E-state index is 0.173. The van der Waals surface area contributed by atoms with Crippen molar-refractivity contribution in [1.82, 2.24) is 5.32 Å². The first-order valence-corrected chi connectivity index (χ1v) is 7.00. The Labute approximate surface area is 119 Å². The Morgan fingerprint density at radius 1 is 1.15 bits per heavy atom. The molecule has 4 heteroatoms. The summed E-state index contributed by atoms with van der Waals surface area (Å²) in [5, 5.41) is 11.9. The van der Waals surface area contributed by atoms with Crippen LogP contribution in [0.5, 0.6) is 0 Å². The summed E-state index contributed by atoms with van der Waals surface area (Å²) in [6.45, 7) is 3.03. The number of hydrogen-bond donors (Lipinski definition) is 2. The zero-order valence-electron chi connectivity index (χ0n) is 12.0. The highest BCUT2D eigenvalue weighted by Crippen LogP contribution is 2.41. The normalized spacial score (nSPS) is 17.7. The lowest BCUT2D eigenvalue weighted by molar-refractivity contribution is -0.147. The highest BCUT2D eigenvalue weighted by atomic mass is 16.4. The molecule has 0 spiro atoms. The van der Waals surface area contributed by atoms with Crippen molar-refractivity contribution in [1.29, 1.82) is 0 Å². The lowest BCUT2D eigenvalue weighted by Crippen LogP contribution is -2.55. The summed E-state index contributed by atoms with van der Waals surface area (Å²) in [7, 11) is 0. The summed E-state index contributed by atoms with van der Waals surface area (Å²) in [4.78, 5) is 23.9. The van der Waals surface area contributed by atoms with Crippen molar-refractivity contribution >= 4 is 11.9 Å². The van der Waals surface area contributed by atoms with E-state index in [-0.39, 0.29) is 5.91 Å². The molecule has 108 valence electrons. The first kappa shape index (κ1) is 14.6. The second-order valence-corrected chi connectivity index (χ2v) is 6.04. The highest BCUT2D eigenvalue weighted by molar-refractivity contribution is 5.93. The number of carbonyl (C=O) groups excluding carboxylic acids is 1. The van der Waals surface area contributed by atoms with Gasteiger partial charge in [0.1, 0.15) is 5.54 Å². The first-order valence-electron chi connectivity index (χ1n) is 7.00. The Morgan fingerprint density at radius 2 is 1.70 bits per heavy atom.